The number of thioether (sulfide) groups is 1. The van der Waals surface area contributed by atoms with Gasteiger partial charge in [-0.2, -0.15) is 5.10 Å². The maximum absolute atomic E-state index is 6.10. The molecule has 0 aliphatic carbocycles. The number of fused-ring (bicyclic) bond motifs is 1. The second-order valence-electron chi connectivity index (χ2n) is 5.41. The zero-order valence-electron chi connectivity index (χ0n) is 13.9. The van der Waals surface area contributed by atoms with Crippen LogP contribution in [0.1, 0.15) is 12.6 Å². The third-order valence-corrected chi connectivity index (χ3v) is 5.10. The minimum absolute atomic E-state index is 0.657. The molecule has 128 valence electrons. The number of aromatic nitrogens is 4. The molecule has 0 fully saturated rings. The molecule has 0 N–H and O–H groups in total. The van der Waals surface area contributed by atoms with Gasteiger partial charge in [-0.3, -0.25) is 4.68 Å². The Morgan fingerprint density at radius 1 is 1.29 bits per heavy atom. The SMILES string of the molecule is CCn1nccc1CCSc1nc2cc(Cl)ccc2n1CCOC. The molecule has 0 amide bonds. The predicted molar refractivity (Wildman–Crippen MR) is 98.9 cm³/mol. The molecule has 1 aromatic carbocycles. The first-order valence-electron chi connectivity index (χ1n) is 8.01. The van der Waals surface area contributed by atoms with Crippen molar-refractivity contribution in [3.05, 3.63) is 41.2 Å². The summed E-state index contributed by atoms with van der Waals surface area (Å²) in [6, 6.07) is 7.92. The van der Waals surface area contributed by atoms with E-state index in [-0.39, 0.29) is 0 Å². The van der Waals surface area contributed by atoms with Crippen molar-refractivity contribution in [1.82, 2.24) is 19.3 Å². The number of rotatable bonds is 8. The van der Waals surface area contributed by atoms with Gasteiger partial charge in [0.25, 0.3) is 0 Å². The molecule has 7 heteroatoms. The highest BCUT2D eigenvalue weighted by molar-refractivity contribution is 7.99. The van der Waals surface area contributed by atoms with Crippen LogP contribution in [0.4, 0.5) is 0 Å². The van der Waals surface area contributed by atoms with E-state index in [1.54, 1.807) is 18.9 Å². The molecule has 0 aliphatic rings. The Bertz CT molecular complexity index is 814. The normalized spacial score (nSPS) is 11.5. The van der Waals surface area contributed by atoms with Gasteiger partial charge < -0.3 is 9.30 Å². The summed E-state index contributed by atoms with van der Waals surface area (Å²) in [4.78, 5) is 4.75. The van der Waals surface area contributed by atoms with E-state index in [9.17, 15) is 0 Å². The Morgan fingerprint density at radius 2 is 2.17 bits per heavy atom. The van der Waals surface area contributed by atoms with E-state index in [0.717, 1.165) is 41.5 Å². The van der Waals surface area contributed by atoms with Gasteiger partial charge in [0.05, 0.1) is 17.6 Å². The highest BCUT2D eigenvalue weighted by Gasteiger charge is 2.12. The Labute approximate surface area is 151 Å². The molecule has 0 spiro atoms. The van der Waals surface area contributed by atoms with Crippen molar-refractivity contribution >= 4 is 34.4 Å². The van der Waals surface area contributed by atoms with Gasteiger partial charge in [-0.1, -0.05) is 23.4 Å². The van der Waals surface area contributed by atoms with E-state index in [1.807, 2.05) is 29.1 Å². The minimum atomic E-state index is 0.657. The molecular formula is C17H21ClN4OS. The first-order chi connectivity index (χ1) is 11.7. The Balaban J connectivity index is 1.77. The molecule has 24 heavy (non-hydrogen) atoms. The van der Waals surface area contributed by atoms with Crippen LogP contribution in [0.15, 0.2) is 35.6 Å². The fourth-order valence-electron chi connectivity index (χ4n) is 2.69. The van der Waals surface area contributed by atoms with Gasteiger partial charge in [-0.15, -0.1) is 0 Å². The Morgan fingerprint density at radius 3 is 2.96 bits per heavy atom. The number of methoxy groups -OCH3 is 1. The molecule has 0 radical (unpaired) electrons. The lowest BCUT2D eigenvalue weighted by Gasteiger charge is -2.08. The summed E-state index contributed by atoms with van der Waals surface area (Å²) in [5.74, 6) is 0.954. The number of aryl methyl sites for hydroxylation is 2. The zero-order chi connectivity index (χ0) is 16.9. The van der Waals surface area contributed by atoms with Crippen LogP contribution in [0, 0.1) is 0 Å². The summed E-state index contributed by atoms with van der Waals surface area (Å²) in [6.07, 6.45) is 2.83. The first-order valence-corrected chi connectivity index (χ1v) is 9.37. The van der Waals surface area contributed by atoms with E-state index < -0.39 is 0 Å². The number of nitrogens with zero attached hydrogens (tertiary/aromatic N) is 4. The summed E-state index contributed by atoms with van der Waals surface area (Å²) >= 11 is 7.86. The van der Waals surface area contributed by atoms with Crippen molar-refractivity contribution in [3.8, 4) is 0 Å². The molecule has 3 aromatic rings. The van der Waals surface area contributed by atoms with Gasteiger partial charge in [0.15, 0.2) is 5.16 Å². The van der Waals surface area contributed by atoms with Gasteiger partial charge in [-0.25, -0.2) is 4.98 Å². The summed E-state index contributed by atoms with van der Waals surface area (Å²) < 4.78 is 9.48. The molecule has 2 aromatic heterocycles. The molecule has 2 heterocycles. The van der Waals surface area contributed by atoms with Crippen LogP contribution in [0.2, 0.25) is 5.02 Å². The summed E-state index contributed by atoms with van der Waals surface area (Å²) in [6.45, 7) is 4.45. The average molecular weight is 365 g/mol. The van der Waals surface area contributed by atoms with Crippen molar-refractivity contribution in [1.29, 1.82) is 0 Å². The molecule has 0 unspecified atom stereocenters. The summed E-state index contributed by atoms with van der Waals surface area (Å²) in [5, 5.41) is 6.04. The van der Waals surface area contributed by atoms with Crippen molar-refractivity contribution in [3.63, 3.8) is 0 Å². The smallest absolute Gasteiger partial charge is 0.169 e. The van der Waals surface area contributed by atoms with E-state index >= 15 is 0 Å². The maximum atomic E-state index is 6.10. The van der Waals surface area contributed by atoms with Gasteiger partial charge in [0, 0.05) is 42.9 Å². The standard InChI is InChI=1S/C17H21ClN4OS/c1-3-22-14(6-8-19-22)7-11-24-17-20-15-12-13(18)4-5-16(15)21(17)9-10-23-2/h4-6,8,12H,3,7,9-11H2,1-2H3. The van der Waals surface area contributed by atoms with Crippen molar-refractivity contribution in [2.24, 2.45) is 0 Å². The lowest BCUT2D eigenvalue weighted by Crippen LogP contribution is -2.07. The maximum Gasteiger partial charge on any atom is 0.169 e. The van der Waals surface area contributed by atoms with E-state index in [2.05, 4.69) is 22.7 Å². The third kappa shape index (κ3) is 3.77. The van der Waals surface area contributed by atoms with Crippen molar-refractivity contribution in [2.45, 2.75) is 31.6 Å². The van der Waals surface area contributed by atoms with Crippen LogP contribution in [0.3, 0.4) is 0 Å². The molecule has 0 saturated heterocycles. The lowest BCUT2D eigenvalue weighted by atomic mass is 10.3. The largest absolute Gasteiger partial charge is 0.383 e. The molecular weight excluding hydrogens is 344 g/mol. The molecule has 3 rings (SSSR count). The van der Waals surface area contributed by atoms with Crippen LogP contribution in [-0.4, -0.2) is 38.8 Å². The molecule has 0 aliphatic heterocycles. The number of hydrogen-bond donors (Lipinski definition) is 0. The first kappa shape index (κ1) is 17.3. The average Bonchev–Trinajstić information content (AvgIpc) is 3.16. The van der Waals surface area contributed by atoms with Crippen LogP contribution < -0.4 is 0 Å². The number of hydrogen-bond acceptors (Lipinski definition) is 4. The van der Waals surface area contributed by atoms with Crippen LogP contribution >= 0.6 is 23.4 Å². The molecule has 0 bridgehead atoms. The molecule has 0 saturated carbocycles. The Hall–Kier alpha value is -1.50. The fraction of sp³-hybridized carbons (Fsp3) is 0.412. The van der Waals surface area contributed by atoms with Crippen molar-refractivity contribution in [2.75, 3.05) is 19.5 Å². The van der Waals surface area contributed by atoms with E-state index in [1.165, 1.54) is 5.69 Å². The van der Waals surface area contributed by atoms with Crippen LogP contribution in [-0.2, 0) is 24.2 Å². The van der Waals surface area contributed by atoms with E-state index in [4.69, 9.17) is 21.3 Å². The van der Waals surface area contributed by atoms with Gasteiger partial charge in [0.2, 0.25) is 0 Å². The second kappa shape index (κ2) is 8.05. The van der Waals surface area contributed by atoms with Crippen LogP contribution in [0.25, 0.3) is 11.0 Å². The summed E-state index contributed by atoms with van der Waals surface area (Å²) in [5.41, 5.74) is 3.28. The molecule has 5 nitrogen and oxygen atoms in total. The van der Waals surface area contributed by atoms with Gasteiger partial charge in [-0.05, 0) is 37.6 Å². The van der Waals surface area contributed by atoms with Crippen molar-refractivity contribution < 1.29 is 4.74 Å². The topological polar surface area (TPSA) is 44.9 Å². The second-order valence-corrected chi connectivity index (χ2v) is 6.91. The molecule has 0 atom stereocenters. The number of benzene rings is 1. The summed E-state index contributed by atoms with van der Waals surface area (Å²) in [7, 11) is 1.72. The number of halogens is 1. The third-order valence-electron chi connectivity index (χ3n) is 3.89. The van der Waals surface area contributed by atoms with Gasteiger partial charge in [0.1, 0.15) is 0 Å². The predicted octanol–water partition coefficient (Wildman–Crippen LogP) is 3.89. The lowest BCUT2D eigenvalue weighted by molar-refractivity contribution is 0.186. The zero-order valence-corrected chi connectivity index (χ0v) is 15.5. The number of ether oxygens (including phenoxy) is 1. The Kier molecular flexibility index (Phi) is 5.81. The highest BCUT2D eigenvalue weighted by Crippen LogP contribution is 2.26. The number of imidazole rings is 1. The minimum Gasteiger partial charge on any atom is -0.383 e. The van der Waals surface area contributed by atoms with E-state index in [0.29, 0.717) is 11.6 Å². The highest BCUT2D eigenvalue weighted by atomic mass is 35.5. The quantitative estimate of drug-likeness (QED) is 0.569. The van der Waals surface area contributed by atoms with Crippen LogP contribution in [0.5, 0.6) is 0 Å². The fourth-order valence-corrected chi connectivity index (χ4v) is 3.86. The monoisotopic (exact) mass is 364 g/mol. The van der Waals surface area contributed by atoms with Gasteiger partial charge >= 0.3 is 0 Å².